The van der Waals surface area contributed by atoms with Gasteiger partial charge in [-0.05, 0) is 143 Å². The largest absolute Gasteiger partial charge is 0.309 e. The molecule has 7 heteroatoms. The van der Waals surface area contributed by atoms with Gasteiger partial charge in [0, 0.05) is 32.9 Å². The van der Waals surface area contributed by atoms with E-state index in [2.05, 4.69) is 169 Å². The summed E-state index contributed by atoms with van der Waals surface area (Å²) in [5, 5.41) is 15.4. The van der Waals surface area contributed by atoms with Gasteiger partial charge in [0.05, 0.1) is 38.6 Å². The number of aromatic nitrogens is 2. The Morgan fingerprint density at radius 1 is 0.422 bits per heavy atom. The Balaban J connectivity index is 1.20. The van der Waals surface area contributed by atoms with Crippen molar-refractivity contribution in [3.05, 3.63) is 211 Å². The lowest BCUT2D eigenvalue weighted by Crippen LogP contribution is -2.01. The van der Waals surface area contributed by atoms with Crippen molar-refractivity contribution < 1.29 is 13.0 Å². The fourth-order valence-electron chi connectivity index (χ4n) is 9.36. The summed E-state index contributed by atoms with van der Waals surface area (Å²) in [6, 6.07) is 68.3. The zero-order valence-electron chi connectivity index (χ0n) is 35.0. The van der Waals surface area contributed by atoms with Gasteiger partial charge in [-0.1, -0.05) is 120 Å². The van der Waals surface area contributed by atoms with Crippen LogP contribution >= 0.6 is 0 Å². The molecule has 11 rings (SSSR count). The fourth-order valence-corrected chi connectivity index (χ4v) is 9.89. The van der Waals surface area contributed by atoms with Crippen LogP contribution in [0.2, 0.25) is 0 Å². The molecular formula is C57H39N3O3S. The zero-order chi connectivity index (χ0) is 43.7. The SMILES string of the molecule is Cc1ccc2c(c1)c1cc(C)ccc1n2-c1cc(-c2ccc(-c3cccc(S(=O)(=O)O)c3)cc2C#N)cc(-n2c3ccc(-c4ccccc4)cc3c3cc(-c4ccccc4)ccc32)c1. The topological polar surface area (TPSA) is 88.0 Å². The normalized spacial score (nSPS) is 11.8. The molecule has 0 atom stereocenters. The summed E-state index contributed by atoms with van der Waals surface area (Å²) in [6.07, 6.45) is 0. The second-order valence-electron chi connectivity index (χ2n) is 16.5. The van der Waals surface area contributed by atoms with E-state index in [-0.39, 0.29) is 4.90 Å². The van der Waals surface area contributed by atoms with Crippen LogP contribution in [-0.4, -0.2) is 22.1 Å². The Hall–Kier alpha value is -8.02. The van der Waals surface area contributed by atoms with E-state index < -0.39 is 10.1 Å². The molecule has 6 nitrogen and oxygen atoms in total. The summed E-state index contributed by atoms with van der Waals surface area (Å²) < 4.78 is 38.6. The molecule has 11 aromatic rings. The number of hydrogen-bond donors (Lipinski definition) is 1. The molecule has 0 aliphatic carbocycles. The molecule has 0 fully saturated rings. The lowest BCUT2D eigenvalue weighted by atomic mass is 9.94. The van der Waals surface area contributed by atoms with Gasteiger partial charge in [0.15, 0.2) is 0 Å². The molecule has 0 amide bonds. The van der Waals surface area contributed by atoms with Crippen LogP contribution < -0.4 is 0 Å². The third kappa shape index (κ3) is 6.65. The summed E-state index contributed by atoms with van der Waals surface area (Å²) in [6.45, 7) is 4.25. The average molecular weight is 846 g/mol. The van der Waals surface area contributed by atoms with Crippen molar-refractivity contribution in [2.24, 2.45) is 0 Å². The minimum absolute atomic E-state index is 0.209. The van der Waals surface area contributed by atoms with Crippen LogP contribution in [0.25, 0.3) is 99.5 Å². The zero-order valence-corrected chi connectivity index (χ0v) is 35.8. The maximum atomic E-state index is 12.1. The summed E-state index contributed by atoms with van der Waals surface area (Å²) in [5.74, 6) is 0. The van der Waals surface area contributed by atoms with E-state index >= 15 is 0 Å². The van der Waals surface area contributed by atoms with Crippen LogP contribution in [-0.2, 0) is 10.1 Å². The molecule has 0 saturated carbocycles. The van der Waals surface area contributed by atoms with E-state index in [1.807, 2.05) is 24.3 Å². The average Bonchev–Trinajstić information content (AvgIpc) is 3.82. The number of nitrogens with zero attached hydrogens (tertiary/aromatic N) is 3. The molecule has 0 saturated heterocycles. The van der Waals surface area contributed by atoms with Crippen LogP contribution in [0.5, 0.6) is 0 Å². The highest BCUT2D eigenvalue weighted by Gasteiger charge is 2.20. The van der Waals surface area contributed by atoms with E-state index in [1.165, 1.54) is 34.0 Å². The van der Waals surface area contributed by atoms with Gasteiger partial charge >= 0.3 is 0 Å². The van der Waals surface area contributed by atoms with Crippen molar-refractivity contribution in [3.63, 3.8) is 0 Å². The molecule has 0 aliphatic rings. The Bertz CT molecular complexity index is 3690. The van der Waals surface area contributed by atoms with Crippen molar-refractivity contribution in [1.82, 2.24) is 9.13 Å². The van der Waals surface area contributed by atoms with Crippen LogP contribution in [0.3, 0.4) is 0 Å². The maximum absolute atomic E-state index is 12.1. The Kier molecular flexibility index (Phi) is 9.17. The summed E-state index contributed by atoms with van der Waals surface area (Å²) in [7, 11) is -4.42. The van der Waals surface area contributed by atoms with Crippen molar-refractivity contribution in [3.8, 4) is 62.0 Å². The predicted molar refractivity (Wildman–Crippen MR) is 261 cm³/mol. The monoisotopic (exact) mass is 845 g/mol. The first-order valence-corrected chi connectivity index (χ1v) is 22.5. The van der Waals surface area contributed by atoms with Gasteiger partial charge in [-0.25, -0.2) is 0 Å². The van der Waals surface area contributed by atoms with Crippen LogP contribution in [0, 0.1) is 25.2 Å². The Morgan fingerprint density at radius 2 is 0.859 bits per heavy atom. The second kappa shape index (κ2) is 15.1. The second-order valence-corrected chi connectivity index (χ2v) is 17.9. The van der Waals surface area contributed by atoms with E-state index in [9.17, 15) is 18.2 Å². The van der Waals surface area contributed by atoms with Gasteiger partial charge in [0.25, 0.3) is 10.1 Å². The van der Waals surface area contributed by atoms with Crippen molar-refractivity contribution in [2.75, 3.05) is 0 Å². The van der Waals surface area contributed by atoms with Crippen molar-refractivity contribution in [2.45, 2.75) is 18.7 Å². The molecule has 0 spiro atoms. The third-order valence-corrected chi connectivity index (χ3v) is 13.2. The van der Waals surface area contributed by atoms with Gasteiger partial charge in [-0.2, -0.15) is 13.7 Å². The summed E-state index contributed by atoms with van der Waals surface area (Å²) >= 11 is 0. The molecular weight excluding hydrogens is 807 g/mol. The maximum Gasteiger partial charge on any atom is 0.294 e. The highest BCUT2D eigenvalue weighted by atomic mass is 32.2. The number of fused-ring (bicyclic) bond motifs is 6. The third-order valence-electron chi connectivity index (χ3n) is 12.4. The van der Waals surface area contributed by atoms with E-state index in [1.54, 1.807) is 18.2 Å². The molecule has 0 aliphatic heterocycles. The summed E-state index contributed by atoms with van der Waals surface area (Å²) in [5.41, 5.74) is 16.2. The fraction of sp³-hybridized carbons (Fsp3) is 0.0351. The Labute approximate surface area is 370 Å². The van der Waals surface area contributed by atoms with Crippen molar-refractivity contribution >= 4 is 53.7 Å². The number of benzene rings is 9. The Morgan fingerprint density at radius 3 is 1.36 bits per heavy atom. The van der Waals surface area contributed by atoms with Crippen LogP contribution in [0.1, 0.15) is 16.7 Å². The molecule has 2 aromatic heterocycles. The smallest absolute Gasteiger partial charge is 0.294 e. The lowest BCUT2D eigenvalue weighted by Gasteiger charge is -2.17. The molecule has 0 radical (unpaired) electrons. The van der Waals surface area contributed by atoms with Gasteiger partial charge in [-0.3, -0.25) is 4.55 Å². The molecule has 0 bridgehead atoms. The highest BCUT2D eigenvalue weighted by molar-refractivity contribution is 7.85. The van der Waals surface area contributed by atoms with Crippen LogP contribution in [0.15, 0.2) is 199 Å². The first-order valence-electron chi connectivity index (χ1n) is 21.1. The minimum atomic E-state index is -4.42. The van der Waals surface area contributed by atoms with Gasteiger partial charge < -0.3 is 9.13 Å². The van der Waals surface area contributed by atoms with Gasteiger partial charge in [0.2, 0.25) is 0 Å². The predicted octanol–water partition coefficient (Wildman–Crippen LogP) is 14.3. The molecule has 2 heterocycles. The lowest BCUT2D eigenvalue weighted by molar-refractivity contribution is 0.483. The minimum Gasteiger partial charge on any atom is -0.309 e. The quantitative estimate of drug-likeness (QED) is 0.162. The van der Waals surface area contributed by atoms with E-state index in [0.29, 0.717) is 16.7 Å². The van der Waals surface area contributed by atoms with Crippen molar-refractivity contribution in [1.29, 1.82) is 5.26 Å². The molecule has 0 unspecified atom stereocenters. The van der Waals surface area contributed by atoms with Gasteiger partial charge in [-0.15, -0.1) is 0 Å². The first-order chi connectivity index (χ1) is 31.1. The highest BCUT2D eigenvalue weighted by Crippen LogP contribution is 2.41. The molecule has 9 aromatic carbocycles. The van der Waals surface area contributed by atoms with Crippen LogP contribution in [0.4, 0.5) is 0 Å². The number of rotatable bonds is 7. The standard InChI is InChI=1S/C57H39N3O3S/c1-36-16-22-54-50(26-36)51-27-37(2)17-23-55(51)59(54)46-29-44(49-21-18-41(28-45(49)35-58)40-14-9-15-48(31-40)64(61,62)63)30-47(34-46)60-56-24-19-42(38-10-5-3-6-11-38)32-52(56)53-33-43(20-25-57(53)60)39-12-7-4-8-13-39/h3-34H,1-2H3,(H,61,62,63). The van der Waals surface area contributed by atoms with Gasteiger partial charge in [0.1, 0.15) is 0 Å². The number of aryl methyl sites for hydroxylation is 2. The molecule has 64 heavy (non-hydrogen) atoms. The molecule has 306 valence electrons. The summed E-state index contributed by atoms with van der Waals surface area (Å²) in [4.78, 5) is -0.209. The van der Waals surface area contributed by atoms with E-state index in [4.69, 9.17) is 0 Å². The number of hydrogen-bond acceptors (Lipinski definition) is 3. The number of nitriles is 1. The van der Waals surface area contributed by atoms with E-state index in [0.717, 1.165) is 77.6 Å². The first kappa shape index (κ1) is 38.9. The molecule has 1 N–H and O–H groups in total.